The van der Waals surface area contributed by atoms with Crippen molar-refractivity contribution in [1.82, 2.24) is 4.90 Å². The number of nitrogens with zero attached hydrogens (tertiary/aromatic N) is 1. The molecule has 1 aliphatic heterocycles. The van der Waals surface area contributed by atoms with Gasteiger partial charge in [0.05, 0.1) is 12.1 Å². The van der Waals surface area contributed by atoms with Crippen molar-refractivity contribution in [3.8, 4) is 5.75 Å². The van der Waals surface area contributed by atoms with Gasteiger partial charge in [-0.15, -0.1) is 0 Å². The topological polar surface area (TPSA) is 60.8 Å². The van der Waals surface area contributed by atoms with Gasteiger partial charge >= 0.3 is 0 Å². The second-order valence-corrected chi connectivity index (χ2v) is 6.25. The molecule has 2 aromatic rings. The number of hydrogen-bond donors (Lipinski definition) is 2. The summed E-state index contributed by atoms with van der Waals surface area (Å²) in [6.07, 6.45) is -0.168. The lowest BCUT2D eigenvalue weighted by molar-refractivity contribution is -0.132. The number of aliphatic hydroxyl groups is 1. The lowest BCUT2D eigenvalue weighted by Crippen LogP contribution is -2.32. The summed E-state index contributed by atoms with van der Waals surface area (Å²) >= 11 is 0. The number of rotatable bonds is 4. The van der Waals surface area contributed by atoms with Crippen LogP contribution in [0.1, 0.15) is 30.0 Å². The quantitative estimate of drug-likeness (QED) is 0.894. The molecule has 0 spiro atoms. The average Bonchev–Trinajstić information content (AvgIpc) is 2.98. The highest BCUT2D eigenvalue weighted by atomic mass is 19.1. The van der Waals surface area contributed by atoms with Crippen LogP contribution in [-0.2, 0) is 11.2 Å². The van der Waals surface area contributed by atoms with Gasteiger partial charge in [-0.1, -0.05) is 18.2 Å². The molecule has 6 heteroatoms. The number of phenols is 1. The fourth-order valence-corrected chi connectivity index (χ4v) is 3.26. The monoisotopic (exact) mass is 347 g/mol. The molecule has 2 N–H and O–H groups in total. The second kappa shape index (κ2) is 7.19. The predicted octanol–water partition coefficient (Wildman–Crippen LogP) is 2.94. The molecule has 0 aromatic heterocycles. The molecule has 2 atom stereocenters. The number of β-amino-alcohol motifs (C(OH)–C–C–N with tert-alkyl or cyclic N) is 1. The summed E-state index contributed by atoms with van der Waals surface area (Å²) in [4.78, 5) is 14.0. The molecule has 1 aliphatic rings. The van der Waals surface area contributed by atoms with Crippen molar-refractivity contribution < 1.29 is 23.8 Å². The van der Waals surface area contributed by atoms with Crippen molar-refractivity contribution in [3.63, 3.8) is 0 Å². The smallest absolute Gasteiger partial charge is 0.223 e. The van der Waals surface area contributed by atoms with Crippen molar-refractivity contribution in [2.24, 2.45) is 0 Å². The summed E-state index contributed by atoms with van der Waals surface area (Å²) in [5.74, 6) is -1.34. The van der Waals surface area contributed by atoms with E-state index in [1.807, 2.05) is 0 Å². The summed E-state index contributed by atoms with van der Waals surface area (Å²) < 4.78 is 27.5. The van der Waals surface area contributed by atoms with E-state index in [-0.39, 0.29) is 36.6 Å². The van der Waals surface area contributed by atoms with Gasteiger partial charge in [0.25, 0.3) is 0 Å². The number of para-hydroxylation sites is 1. The number of benzene rings is 2. The van der Waals surface area contributed by atoms with Crippen molar-refractivity contribution in [2.75, 3.05) is 6.54 Å². The van der Waals surface area contributed by atoms with Gasteiger partial charge < -0.3 is 15.1 Å². The van der Waals surface area contributed by atoms with Crippen LogP contribution in [0.15, 0.2) is 42.5 Å². The Hall–Kier alpha value is -2.47. The van der Waals surface area contributed by atoms with E-state index >= 15 is 0 Å². The third-order valence-electron chi connectivity index (χ3n) is 4.52. The summed E-state index contributed by atoms with van der Waals surface area (Å²) in [7, 11) is 0. The standard InChI is InChI=1S/C19H19F2NO3/c20-13-6-7-16(21)15(9-13)17-10-14(23)11-22(17)19(25)8-5-12-3-1-2-4-18(12)24/h1-4,6-7,9,14,17,23-24H,5,8,10-11H2. The predicted molar refractivity (Wildman–Crippen MR) is 87.9 cm³/mol. The van der Waals surface area contributed by atoms with E-state index in [0.29, 0.717) is 12.0 Å². The molecule has 0 bridgehead atoms. The van der Waals surface area contributed by atoms with Gasteiger partial charge in [0.1, 0.15) is 17.4 Å². The zero-order chi connectivity index (χ0) is 18.0. The molecule has 0 saturated carbocycles. The van der Waals surface area contributed by atoms with E-state index in [0.717, 1.165) is 18.2 Å². The van der Waals surface area contributed by atoms with Gasteiger partial charge in [-0.25, -0.2) is 8.78 Å². The molecule has 1 saturated heterocycles. The molecule has 3 rings (SSSR count). The number of aryl methyl sites for hydroxylation is 1. The number of aliphatic hydroxyl groups excluding tert-OH is 1. The molecule has 1 fully saturated rings. The SMILES string of the molecule is O=C(CCc1ccccc1O)N1CC(O)CC1c1cc(F)ccc1F. The number of amides is 1. The highest BCUT2D eigenvalue weighted by molar-refractivity contribution is 5.77. The molecular weight excluding hydrogens is 328 g/mol. The van der Waals surface area contributed by atoms with Crippen molar-refractivity contribution >= 4 is 5.91 Å². The van der Waals surface area contributed by atoms with Gasteiger partial charge in [0.2, 0.25) is 5.91 Å². The van der Waals surface area contributed by atoms with E-state index < -0.39 is 23.8 Å². The van der Waals surface area contributed by atoms with E-state index in [4.69, 9.17) is 0 Å². The Morgan fingerprint density at radius 3 is 2.72 bits per heavy atom. The third kappa shape index (κ3) is 3.79. The molecular formula is C19H19F2NO3. The minimum Gasteiger partial charge on any atom is -0.508 e. The van der Waals surface area contributed by atoms with Crippen LogP contribution in [0.3, 0.4) is 0 Å². The van der Waals surface area contributed by atoms with E-state index in [9.17, 15) is 23.8 Å². The first-order valence-electron chi connectivity index (χ1n) is 8.15. The average molecular weight is 347 g/mol. The maximum Gasteiger partial charge on any atom is 0.223 e. The van der Waals surface area contributed by atoms with Crippen LogP contribution in [0, 0.1) is 11.6 Å². The van der Waals surface area contributed by atoms with E-state index in [1.54, 1.807) is 24.3 Å². The summed E-state index contributed by atoms with van der Waals surface area (Å²) in [6, 6.07) is 9.16. The first kappa shape index (κ1) is 17.4. The lowest BCUT2D eigenvalue weighted by atomic mass is 10.0. The zero-order valence-corrected chi connectivity index (χ0v) is 13.5. The van der Waals surface area contributed by atoms with Gasteiger partial charge in [0.15, 0.2) is 0 Å². The zero-order valence-electron chi connectivity index (χ0n) is 13.5. The van der Waals surface area contributed by atoms with Crippen molar-refractivity contribution in [2.45, 2.75) is 31.4 Å². The van der Waals surface area contributed by atoms with Crippen LogP contribution in [0.4, 0.5) is 8.78 Å². The highest BCUT2D eigenvalue weighted by Crippen LogP contribution is 2.34. The minimum atomic E-state index is -0.776. The molecule has 0 radical (unpaired) electrons. The largest absolute Gasteiger partial charge is 0.508 e. The Bertz CT molecular complexity index is 781. The maximum absolute atomic E-state index is 14.1. The summed E-state index contributed by atoms with van der Waals surface area (Å²) in [5.41, 5.74) is 0.719. The number of hydrogen-bond acceptors (Lipinski definition) is 3. The minimum absolute atomic E-state index is 0.0764. The molecule has 132 valence electrons. The highest BCUT2D eigenvalue weighted by Gasteiger charge is 2.36. The summed E-state index contributed by atoms with van der Waals surface area (Å²) in [6.45, 7) is 0.0836. The van der Waals surface area contributed by atoms with Crippen LogP contribution < -0.4 is 0 Å². The van der Waals surface area contributed by atoms with E-state index in [2.05, 4.69) is 0 Å². The Morgan fingerprint density at radius 1 is 1.20 bits per heavy atom. The lowest BCUT2D eigenvalue weighted by Gasteiger charge is -2.25. The number of halogens is 2. The van der Waals surface area contributed by atoms with Gasteiger partial charge in [0, 0.05) is 18.5 Å². The Kier molecular flexibility index (Phi) is 4.99. The van der Waals surface area contributed by atoms with Crippen LogP contribution in [0.2, 0.25) is 0 Å². The first-order chi connectivity index (χ1) is 12.0. The van der Waals surface area contributed by atoms with Crippen LogP contribution in [0.25, 0.3) is 0 Å². The Labute approximate surface area is 144 Å². The Morgan fingerprint density at radius 2 is 1.96 bits per heavy atom. The van der Waals surface area contributed by atoms with Crippen LogP contribution in [-0.4, -0.2) is 33.7 Å². The number of carbonyl (C=O) groups is 1. The Balaban J connectivity index is 1.76. The summed E-state index contributed by atoms with van der Waals surface area (Å²) in [5, 5.41) is 19.7. The maximum atomic E-state index is 14.1. The number of carbonyl (C=O) groups excluding carboxylic acids is 1. The normalized spacial score (nSPS) is 20.0. The fraction of sp³-hybridized carbons (Fsp3) is 0.316. The number of aromatic hydroxyl groups is 1. The van der Waals surface area contributed by atoms with Gasteiger partial charge in [-0.3, -0.25) is 4.79 Å². The van der Waals surface area contributed by atoms with Crippen molar-refractivity contribution in [3.05, 3.63) is 65.2 Å². The first-order valence-corrected chi connectivity index (χ1v) is 8.15. The van der Waals surface area contributed by atoms with Crippen molar-refractivity contribution in [1.29, 1.82) is 0 Å². The van der Waals surface area contributed by atoms with Crippen LogP contribution >= 0.6 is 0 Å². The number of phenolic OH excluding ortho intramolecular Hbond substituents is 1. The molecule has 2 unspecified atom stereocenters. The second-order valence-electron chi connectivity index (χ2n) is 6.25. The third-order valence-corrected chi connectivity index (χ3v) is 4.52. The molecule has 4 nitrogen and oxygen atoms in total. The molecule has 0 aliphatic carbocycles. The molecule has 1 heterocycles. The number of likely N-dealkylation sites (tertiary alicyclic amines) is 1. The van der Waals surface area contributed by atoms with Gasteiger partial charge in [-0.2, -0.15) is 0 Å². The molecule has 2 aromatic carbocycles. The molecule has 25 heavy (non-hydrogen) atoms. The van der Waals surface area contributed by atoms with Gasteiger partial charge in [-0.05, 0) is 42.7 Å². The fourth-order valence-electron chi connectivity index (χ4n) is 3.26. The molecule has 1 amide bonds. The van der Waals surface area contributed by atoms with Crippen LogP contribution in [0.5, 0.6) is 5.75 Å². The van der Waals surface area contributed by atoms with E-state index in [1.165, 1.54) is 4.90 Å².